The second-order valence-corrected chi connectivity index (χ2v) is 8.71. The fourth-order valence-corrected chi connectivity index (χ4v) is 3.91. The van der Waals surface area contributed by atoms with Crippen molar-refractivity contribution >= 4 is 45.4 Å². The van der Waals surface area contributed by atoms with Gasteiger partial charge in [0.25, 0.3) is 0 Å². The van der Waals surface area contributed by atoms with Crippen molar-refractivity contribution in [2.45, 2.75) is 110 Å². The van der Waals surface area contributed by atoms with Crippen LogP contribution >= 0.6 is 0 Å². The summed E-state index contributed by atoms with van der Waals surface area (Å²) in [5.41, 5.74) is -1.42. The first-order valence-electron chi connectivity index (χ1n) is 10.6. The summed E-state index contributed by atoms with van der Waals surface area (Å²) in [7, 11) is -4.97. The third-order valence-corrected chi connectivity index (χ3v) is 5.48. The minimum absolute atomic E-state index is 0. The Bertz CT molecular complexity index is 544. The Morgan fingerprint density at radius 2 is 1.21 bits per heavy atom. The van der Waals surface area contributed by atoms with E-state index >= 15 is 0 Å². The van der Waals surface area contributed by atoms with Crippen molar-refractivity contribution in [3.8, 4) is 0 Å². The molecule has 0 aliphatic rings. The number of hydrogen-bond donors (Lipinski definition) is 2. The van der Waals surface area contributed by atoms with E-state index in [0.717, 1.165) is 64.2 Å². The normalized spacial score (nSPS) is 11.7. The Kier molecular flexibility index (Phi) is 18.4. The summed E-state index contributed by atoms with van der Waals surface area (Å²) in [5, 5.41) is 9.32. The Morgan fingerprint density at radius 1 is 0.828 bits per heavy atom. The predicted octanol–water partition coefficient (Wildman–Crippen LogP) is 5.14. The van der Waals surface area contributed by atoms with Crippen LogP contribution in [0.15, 0.2) is 0 Å². The molecule has 0 saturated carbocycles. The first-order valence-corrected chi connectivity index (χ1v) is 12.0. The van der Waals surface area contributed by atoms with Crippen LogP contribution in [0, 0.1) is 5.41 Å². The first-order chi connectivity index (χ1) is 13.2. The Morgan fingerprint density at radius 3 is 1.55 bits per heavy atom. The molecule has 0 amide bonds. The number of hydrogen-bond acceptors (Lipinski definition) is 5. The molecule has 29 heavy (non-hydrogen) atoms. The third kappa shape index (κ3) is 16.0. The number of carbonyl (C=O) groups is 2. The number of rotatable bonds is 18. The van der Waals surface area contributed by atoms with Gasteiger partial charge in [-0.3, -0.25) is 14.1 Å². The van der Waals surface area contributed by atoms with Crippen LogP contribution in [-0.4, -0.2) is 53.1 Å². The van der Waals surface area contributed by atoms with Crippen LogP contribution in [-0.2, 0) is 24.2 Å². The summed E-state index contributed by atoms with van der Waals surface area (Å²) in [6.07, 6.45) is 11.5. The molecule has 0 radical (unpaired) electrons. The van der Waals surface area contributed by atoms with Crippen molar-refractivity contribution in [1.29, 1.82) is 0 Å². The van der Waals surface area contributed by atoms with Crippen LogP contribution in [0.25, 0.3) is 0 Å². The first kappa shape index (κ1) is 30.8. The minimum Gasteiger partial charge on any atom is -1.00 e. The summed E-state index contributed by atoms with van der Waals surface area (Å²) < 4.78 is 35.2. The molecule has 0 spiro atoms. The quantitative estimate of drug-likeness (QED) is 0.169. The van der Waals surface area contributed by atoms with Gasteiger partial charge in [-0.2, -0.15) is 8.42 Å². The summed E-state index contributed by atoms with van der Waals surface area (Å²) in [4.78, 5) is 23.9. The second-order valence-electron chi connectivity index (χ2n) is 7.68. The summed E-state index contributed by atoms with van der Waals surface area (Å²) in [6.45, 7) is 4.23. The molecule has 0 rings (SSSR count). The van der Waals surface area contributed by atoms with Gasteiger partial charge < -0.3 is 12.1 Å². The predicted molar refractivity (Wildman–Crippen MR) is 116 cm³/mol. The van der Waals surface area contributed by atoms with Gasteiger partial charge in [-0.25, -0.2) is 0 Å². The van der Waals surface area contributed by atoms with Crippen LogP contribution in [0.3, 0.4) is 0 Å². The van der Waals surface area contributed by atoms with Gasteiger partial charge in [0.05, 0.1) is 11.8 Å². The maximum Gasteiger partial charge on any atom is 2.00 e. The van der Waals surface area contributed by atoms with Crippen LogP contribution in [0.2, 0.25) is 0 Å². The van der Waals surface area contributed by atoms with Crippen molar-refractivity contribution in [3.05, 3.63) is 0 Å². The molecule has 0 heterocycles. The zero-order valence-corrected chi connectivity index (χ0v) is 20.4. The Hall–Kier alpha value is -0.384. The minimum atomic E-state index is -4.97. The van der Waals surface area contributed by atoms with Crippen molar-refractivity contribution in [1.82, 2.24) is 0 Å². The van der Waals surface area contributed by atoms with E-state index in [9.17, 15) is 23.1 Å². The molecule has 7 nitrogen and oxygen atoms in total. The standard InChI is InChI=1S/C20H38O7S.Mg.2H/c1-3-5-7-9-11-13-15-20(17-18(21)22,19(23)27-28(24,25)26)16-14-12-10-8-6-4-2;;;/h3-17H2,1-2H3,(H,21,22)(H,24,25,26);;;/q;+2;2*-1. The average molecular weight is 449 g/mol. The number of carboxylic acids is 1. The molecule has 0 fully saturated rings. The summed E-state index contributed by atoms with van der Waals surface area (Å²) >= 11 is 0. The molecular formula is C20H40MgO7S. The number of aliphatic carboxylic acids is 1. The number of carboxylic acid groups (broad SMARTS) is 1. The number of carbonyl (C=O) groups excluding carboxylic acids is 1. The van der Waals surface area contributed by atoms with Gasteiger partial charge in [0.2, 0.25) is 0 Å². The Balaban J connectivity index is -0.00000121. The van der Waals surface area contributed by atoms with E-state index < -0.39 is 34.2 Å². The maximum atomic E-state index is 12.5. The molecule has 0 bridgehead atoms. The zero-order valence-electron chi connectivity index (χ0n) is 20.2. The van der Waals surface area contributed by atoms with Gasteiger partial charge in [0.15, 0.2) is 0 Å². The number of unbranched alkanes of at least 4 members (excludes halogenated alkanes) is 10. The molecule has 0 atom stereocenters. The average Bonchev–Trinajstić information content (AvgIpc) is 2.58. The fourth-order valence-electron chi connectivity index (χ4n) is 3.54. The smallest absolute Gasteiger partial charge is 1.00 e. The largest absolute Gasteiger partial charge is 2.00 e. The van der Waals surface area contributed by atoms with Gasteiger partial charge in [-0.1, -0.05) is 90.9 Å². The van der Waals surface area contributed by atoms with Crippen molar-refractivity contribution < 1.29 is 34.7 Å². The van der Waals surface area contributed by atoms with Gasteiger partial charge in [-0.15, -0.1) is 0 Å². The van der Waals surface area contributed by atoms with Gasteiger partial charge >= 0.3 is 45.4 Å². The summed E-state index contributed by atoms with van der Waals surface area (Å²) in [5.74, 6) is -2.33. The summed E-state index contributed by atoms with van der Waals surface area (Å²) in [6, 6.07) is 0. The molecule has 170 valence electrons. The van der Waals surface area contributed by atoms with E-state index in [1.165, 1.54) is 0 Å². The van der Waals surface area contributed by atoms with E-state index in [-0.39, 0.29) is 38.7 Å². The van der Waals surface area contributed by atoms with Crippen LogP contribution < -0.4 is 0 Å². The van der Waals surface area contributed by atoms with E-state index in [4.69, 9.17) is 4.55 Å². The molecule has 0 aromatic rings. The molecule has 0 unspecified atom stereocenters. The Labute approximate surface area is 195 Å². The fraction of sp³-hybridized carbons (Fsp3) is 0.900. The van der Waals surface area contributed by atoms with Crippen LogP contribution in [0.5, 0.6) is 0 Å². The maximum absolute atomic E-state index is 12.5. The van der Waals surface area contributed by atoms with Crippen molar-refractivity contribution in [2.75, 3.05) is 0 Å². The molecule has 9 heteroatoms. The zero-order chi connectivity index (χ0) is 21.5. The second kappa shape index (κ2) is 17.3. The van der Waals surface area contributed by atoms with E-state index in [1.54, 1.807) is 0 Å². The molecule has 0 aromatic heterocycles. The third-order valence-electron chi connectivity index (χ3n) is 5.12. The van der Waals surface area contributed by atoms with E-state index in [2.05, 4.69) is 18.0 Å². The molecular weight excluding hydrogens is 409 g/mol. The van der Waals surface area contributed by atoms with Crippen LogP contribution in [0.4, 0.5) is 0 Å². The molecule has 0 aliphatic carbocycles. The molecule has 2 N–H and O–H groups in total. The van der Waals surface area contributed by atoms with E-state index in [1.807, 2.05) is 0 Å². The van der Waals surface area contributed by atoms with E-state index in [0.29, 0.717) is 12.8 Å². The van der Waals surface area contributed by atoms with Crippen LogP contribution in [0.1, 0.15) is 113 Å². The van der Waals surface area contributed by atoms with Gasteiger partial charge in [-0.05, 0) is 12.8 Å². The monoisotopic (exact) mass is 448 g/mol. The molecule has 0 aromatic carbocycles. The van der Waals surface area contributed by atoms with Crippen molar-refractivity contribution in [3.63, 3.8) is 0 Å². The van der Waals surface area contributed by atoms with Gasteiger partial charge in [0.1, 0.15) is 0 Å². The van der Waals surface area contributed by atoms with Crippen molar-refractivity contribution in [2.24, 2.45) is 5.41 Å². The molecule has 0 saturated heterocycles. The SMILES string of the molecule is CCCCCCCCC(CCCCCCCC)(CC(=O)O)C(=O)OS(=O)(=O)O.[H-].[H-].[Mg+2]. The topological polar surface area (TPSA) is 118 Å². The molecule has 0 aliphatic heterocycles. The van der Waals surface area contributed by atoms with Gasteiger partial charge in [0, 0.05) is 0 Å².